The minimum Gasteiger partial charge on any atom is -0.352 e. The molecule has 2 aromatic heterocycles. The minimum absolute atomic E-state index is 0.567. The summed E-state index contributed by atoms with van der Waals surface area (Å²) >= 11 is 0. The van der Waals surface area contributed by atoms with Crippen LogP contribution in [0.4, 0.5) is 5.82 Å². The number of hydrogen-bond donors (Lipinski definition) is 1. The molecule has 0 aromatic carbocycles. The third kappa shape index (κ3) is 2.33. The lowest BCUT2D eigenvalue weighted by Gasteiger charge is -2.26. The molecule has 2 aromatic rings. The monoisotopic (exact) mass is 269 g/mol. The highest BCUT2D eigenvalue weighted by Gasteiger charge is 2.28. The van der Waals surface area contributed by atoms with Crippen LogP contribution in [0.25, 0.3) is 11.2 Å². The first-order chi connectivity index (χ1) is 9.90. The zero-order valence-electron chi connectivity index (χ0n) is 11.5. The topological polar surface area (TPSA) is 53.9 Å². The molecule has 0 spiro atoms. The van der Waals surface area contributed by atoms with Gasteiger partial charge in [0, 0.05) is 37.6 Å². The van der Waals surface area contributed by atoms with Gasteiger partial charge in [-0.15, -0.1) is 0 Å². The van der Waals surface area contributed by atoms with Crippen LogP contribution < -0.4 is 10.2 Å². The Morgan fingerprint density at radius 3 is 2.95 bits per heavy atom. The summed E-state index contributed by atoms with van der Waals surface area (Å²) in [6, 6.07) is 5.44. The van der Waals surface area contributed by atoms with Gasteiger partial charge in [0.2, 0.25) is 0 Å². The summed E-state index contributed by atoms with van der Waals surface area (Å²) in [7, 11) is 0. The van der Waals surface area contributed by atoms with Crippen molar-refractivity contribution in [1.29, 1.82) is 0 Å². The molecule has 0 radical (unpaired) electrons. The molecule has 5 heteroatoms. The number of nitrogens with zero attached hydrogens (tertiary/aromatic N) is 4. The van der Waals surface area contributed by atoms with Crippen LogP contribution in [0.15, 0.2) is 24.5 Å². The lowest BCUT2D eigenvalue weighted by molar-refractivity contribution is 0.569. The second-order valence-electron chi connectivity index (χ2n) is 5.74. The number of pyridine rings is 1. The number of fused-ring (bicyclic) bond motifs is 1. The zero-order valence-corrected chi connectivity index (χ0v) is 11.5. The average Bonchev–Trinajstić information content (AvgIpc) is 3.21. The molecule has 2 aliphatic rings. The maximum atomic E-state index is 4.67. The van der Waals surface area contributed by atoms with E-state index in [0.717, 1.165) is 36.1 Å². The van der Waals surface area contributed by atoms with Gasteiger partial charge in [0.15, 0.2) is 5.65 Å². The molecule has 2 fully saturated rings. The van der Waals surface area contributed by atoms with Gasteiger partial charge in [0.1, 0.15) is 11.3 Å². The van der Waals surface area contributed by atoms with Gasteiger partial charge < -0.3 is 10.2 Å². The second kappa shape index (κ2) is 4.98. The van der Waals surface area contributed by atoms with E-state index in [9.17, 15) is 0 Å². The van der Waals surface area contributed by atoms with E-state index in [1.165, 1.54) is 25.7 Å². The fraction of sp³-hybridized carbons (Fsp3) is 0.533. The summed E-state index contributed by atoms with van der Waals surface area (Å²) in [5.74, 6) is 1.04. The van der Waals surface area contributed by atoms with Gasteiger partial charge in [-0.05, 0) is 37.8 Å². The molecular weight excluding hydrogens is 250 g/mol. The van der Waals surface area contributed by atoms with E-state index >= 15 is 0 Å². The lowest BCUT2D eigenvalue weighted by Crippen LogP contribution is -2.39. The molecule has 1 atom stereocenters. The molecule has 1 saturated carbocycles. The summed E-state index contributed by atoms with van der Waals surface area (Å²) in [4.78, 5) is 15.7. The van der Waals surface area contributed by atoms with Gasteiger partial charge in [0.25, 0.3) is 0 Å². The molecule has 20 heavy (non-hydrogen) atoms. The Kier molecular flexibility index (Phi) is 2.99. The van der Waals surface area contributed by atoms with Crippen molar-refractivity contribution in [3.05, 3.63) is 24.5 Å². The SMILES string of the molecule is c1cnc2nc(N3CCCC3CNC3CC3)ccc2n1. The predicted octanol–water partition coefficient (Wildman–Crippen LogP) is 1.75. The van der Waals surface area contributed by atoms with Gasteiger partial charge >= 0.3 is 0 Å². The average molecular weight is 269 g/mol. The van der Waals surface area contributed by atoms with Crippen LogP contribution in [-0.4, -0.2) is 40.1 Å². The van der Waals surface area contributed by atoms with Gasteiger partial charge in [0.05, 0.1) is 0 Å². The molecule has 1 aliphatic heterocycles. The zero-order chi connectivity index (χ0) is 13.4. The van der Waals surface area contributed by atoms with Crippen molar-refractivity contribution < 1.29 is 0 Å². The van der Waals surface area contributed by atoms with Gasteiger partial charge in [-0.1, -0.05) is 0 Å². The molecular formula is C15H19N5. The van der Waals surface area contributed by atoms with Gasteiger partial charge in [-0.3, -0.25) is 4.98 Å². The van der Waals surface area contributed by atoms with Crippen LogP contribution in [0.3, 0.4) is 0 Å². The summed E-state index contributed by atoms with van der Waals surface area (Å²) in [6.45, 7) is 2.17. The maximum Gasteiger partial charge on any atom is 0.180 e. The van der Waals surface area contributed by atoms with Gasteiger partial charge in [-0.2, -0.15) is 0 Å². The molecule has 0 amide bonds. The maximum absolute atomic E-state index is 4.67. The normalized spacial score (nSPS) is 22.6. The van der Waals surface area contributed by atoms with E-state index in [0.29, 0.717) is 6.04 Å². The Bertz CT molecular complexity index is 610. The standard InChI is InChI=1S/C15H19N5/c1-2-12(10-18-11-3-4-11)20(9-1)14-6-5-13-15(19-14)17-8-7-16-13/h5-8,11-12,18H,1-4,9-10H2. The third-order valence-corrected chi connectivity index (χ3v) is 4.21. The molecule has 1 saturated heterocycles. The van der Waals surface area contributed by atoms with Crippen molar-refractivity contribution in [1.82, 2.24) is 20.3 Å². The Morgan fingerprint density at radius 2 is 2.05 bits per heavy atom. The number of rotatable bonds is 4. The first-order valence-electron chi connectivity index (χ1n) is 7.48. The quantitative estimate of drug-likeness (QED) is 0.916. The Morgan fingerprint density at radius 1 is 1.15 bits per heavy atom. The molecule has 1 aliphatic carbocycles. The van der Waals surface area contributed by atoms with Crippen molar-refractivity contribution in [2.24, 2.45) is 0 Å². The van der Waals surface area contributed by atoms with E-state index in [2.05, 4.69) is 31.2 Å². The summed E-state index contributed by atoms with van der Waals surface area (Å²) in [5.41, 5.74) is 1.61. The fourth-order valence-electron chi connectivity index (χ4n) is 2.94. The molecule has 1 unspecified atom stereocenters. The highest BCUT2D eigenvalue weighted by Crippen LogP contribution is 2.26. The van der Waals surface area contributed by atoms with Crippen molar-refractivity contribution in [2.45, 2.75) is 37.8 Å². The van der Waals surface area contributed by atoms with Crippen LogP contribution in [-0.2, 0) is 0 Å². The Balaban J connectivity index is 1.56. The summed E-state index contributed by atoms with van der Waals surface area (Å²) < 4.78 is 0. The number of nitrogens with one attached hydrogen (secondary N) is 1. The number of aromatic nitrogens is 3. The second-order valence-corrected chi connectivity index (χ2v) is 5.74. The molecule has 104 valence electrons. The summed E-state index contributed by atoms with van der Waals surface area (Å²) in [6.07, 6.45) is 8.60. The molecule has 4 rings (SSSR count). The van der Waals surface area contributed by atoms with Crippen LogP contribution in [0, 0.1) is 0 Å². The van der Waals surface area contributed by atoms with E-state index in [1.54, 1.807) is 12.4 Å². The predicted molar refractivity (Wildman–Crippen MR) is 78.7 cm³/mol. The van der Waals surface area contributed by atoms with Crippen molar-refractivity contribution >= 4 is 17.0 Å². The fourth-order valence-corrected chi connectivity index (χ4v) is 2.94. The molecule has 5 nitrogen and oxygen atoms in total. The smallest absolute Gasteiger partial charge is 0.180 e. The van der Waals surface area contributed by atoms with Crippen LogP contribution in [0.1, 0.15) is 25.7 Å². The Hall–Kier alpha value is -1.75. The van der Waals surface area contributed by atoms with Crippen LogP contribution in [0.2, 0.25) is 0 Å². The van der Waals surface area contributed by atoms with E-state index < -0.39 is 0 Å². The molecule has 1 N–H and O–H groups in total. The van der Waals surface area contributed by atoms with Crippen molar-refractivity contribution in [3.8, 4) is 0 Å². The highest BCUT2D eigenvalue weighted by atomic mass is 15.2. The third-order valence-electron chi connectivity index (χ3n) is 4.21. The largest absolute Gasteiger partial charge is 0.352 e. The van der Waals surface area contributed by atoms with E-state index in [-0.39, 0.29) is 0 Å². The van der Waals surface area contributed by atoms with E-state index in [4.69, 9.17) is 0 Å². The molecule has 3 heterocycles. The van der Waals surface area contributed by atoms with Crippen molar-refractivity contribution in [2.75, 3.05) is 18.0 Å². The first kappa shape index (κ1) is 12.0. The minimum atomic E-state index is 0.567. The van der Waals surface area contributed by atoms with E-state index in [1.807, 2.05) is 6.07 Å². The van der Waals surface area contributed by atoms with Crippen molar-refractivity contribution in [3.63, 3.8) is 0 Å². The Labute approximate surface area is 118 Å². The first-order valence-corrected chi connectivity index (χ1v) is 7.48. The highest BCUT2D eigenvalue weighted by molar-refractivity contribution is 5.71. The summed E-state index contributed by atoms with van der Waals surface area (Å²) in [5, 5.41) is 3.64. The molecule has 0 bridgehead atoms. The van der Waals surface area contributed by atoms with Crippen LogP contribution in [0.5, 0.6) is 0 Å². The number of anilines is 1. The van der Waals surface area contributed by atoms with Gasteiger partial charge in [-0.25, -0.2) is 9.97 Å². The van der Waals surface area contributed by atoms with Crippen LogP contribution >= 0.6 is 0 Å². The number of hydrogen-bond acceptors (Lipinski definition) is 5. The lowest BCUT2D eigenvalue weighted by atomic mass is 10.2.